The lowest BCUT2D eigenvalue weighted by atomic mass is 10.1. The molecule has 0 spiro atoms. The molecule has 0 aliphatic heterocycles. The highest BCUT2D eigenvalue weighted by Crippen LogP contribution is 2.28. The van der Waals surface area contributed by atoms with E-state index in [2.05, 4.69) is 82.2 Å². The molecule has 4 aromatic carbocycles. The van der Waals surface area contributed by atoms with Gasteiger partial charge in [0.15, 0.2) is 0 Å². The van der Waals surface area contributed by atoms with E-state index < -0.39 is 9.84 Å². The van der Waals surface area contributed by atoms with Crippen molar-refractivity contribution in [2.75, 3.05) is 36.0 Å². The maximum absolute atomic E-state index is 13.4. The van der Waals surface area contributed by atoms with Crippen LogP contribution in [0.15, 0.2) is 127 Å². The van der Waals surface area contributed by atoms with Crippen molar-refractivity contribution in [3.8, 4) is 0 Å². The lowest BCUT2D eigenvalue weighted by Crippen LogP contribution is -2.25. The molecule has 0 atom stereocenters. The summed E-state index contributed by atoms with van der Waals surface area (Å²) in [5.74, 6) is 0. The van der Waals surface area contributed by atoms with Crippen molar-refractivity contribution in [1.82, 2.24) is 0 Å². The van der Waals surface area contributed by atoms with Crippen LogP contribution in [0.2, 0.25) is 0 Å². The molecule has 8 nitrogen and oxygen atoms in total. The third kappa shape index (κ3) is 14.7. The van der Waals surface area contributed by atoms with Gasteiger partial charge in [0.25, 0.3) is 0 Å². The maximum atomic E-state index is 13.4. The Bertz CT molecular complexity index is 1780. The molecule has 0 saturated carbocycles. The van der Waals surface area contributed by atoms with Crippen LogP contribution in [0.3, 0.4) is 0 Å². The monoisotopic (exact) mass is 764 g/mol. The highest BCUT2D eigenvalue weighted by atomic mass is 32.2. The number of sulfone groups is 1. The molecular formula is C46H64N6O2S. The minimum Gasteiger partial charge on any atom is -0.372 e. The first kappa shape index (κ1) is 43.4. The normalized spacial score (nSPS) is 11.9. The van der Waals surface area contributed by atoms with Crippen LogP contribution in [-0.4, -0.2) is 34.6 Å². The van der Waals surface area contributed by atoms with Gasteiger partial charge in [-0.25, -0.2) is 8.42 Å². The van der Waals surface area contributed by atoms with Crippen LogP contribution >= 0.6 is 0 Å². The first-order valence-electron chi connectivity index (χ1n) is 20.9. The van der Waals surface area contributed by atoms with E-state index in [1.807, 2.05) is 24.3 Å². The second-order valence-corrected chi connectivity index (χ2v) is 16.4. The molecular weight excluding hydrogens is 701 g/mol. The van der Waals surface area contributed by atoms with Crippen molar-refractivity contribution < 1.29 is 8.42 Å². The fourth-order valence-electron chi connectivity index (χ4n) is 6.52. The summed E-state index contributed by atoms with van der Waals surface area (Å²) in [6, 6.07) is 29.5. The third-order valence-corrected chi connectivity index (χ3v) is 11.7. The van der Waals surface area contributed by atoms with Gasteiger partial charge < -0.3 is 9.80 Å². The first-order valence-corrected chi connectivity index (χ1v) is 22.3. The lowest BCUT2D eigenvalue weighted by Gasteiger charge is -2.25. The summed E-state index contributed by atoms with van der Waals surface area (Å²) >= 11 is 0. The van der Waals surface area contributed by atoms with Gasteiger partial charge in [-0.2, -0.15) is 20.5 Å². The van der Waals surface area contributed by atoms with Gasteiger partial charge in [-0.05, 0) is 123 Å². The van der Waals surface area contributed by atoms with Crippen LogP contribution in [0.1, 0.15) is 118 Å². The van der Waals surface area contributed by atoms with Crippen molar-refractivity contribution in [1.29, 1.82) is 0 Å². The van der Waals surface area contributed by atoms with Gasteiger partial charge in [0, 0.05) is 37.6 Å². The van der Waals surface area contributed by atoms with Gasteiger partial charge in [0.05, 0.1) is 32.5 Å². The zero-order valence-electron chi connectivity index (χ0n) is 33.9. The maximum Gasteiger partial charge on any atom is 0.206 e. The van der Waals surface area contributed by atoms with Crippen molar-refractivity contribution in [3.63, 3.8) is 0 Å². The van der Waals surface area contributed by atoms with E-state index in [9.17, 15) is 8.42 Å². The number of unbranched alkanes of at least 4 members (excludes halogenated alkanes) is 10. The van der Waals surface area contributed by atoms with E-state index >= 15 is 0 Å². The van der Waals surface area contributed by atoms with E-state index in [0.717, 1.165) is 37.6 Å². The van der Waals surface area contributed by atoms with Crippen LogP contribution < -0.4 is 9.80 Å². The number of anilines is 2. The fraction of sp³-hybridized carbons (Fsp3) is 0.478. The van der Waals surface area contributed by atoms with E-state index in [1.165, 1.54) is 101 Å². The van der Waals surface area contributed by atoms with Crippen LogP contribution in [-0.2, 0) is 9.84 Å². The average molecular weight is 765 g/mol. The van der Waals surface area contributed by atoms with Crippen LogP contribution in [0, 0.1) is 0 Å². The van der Waals surface area contributed by atoms with Crippen molar-refractivity contribution in [2.24, 2.45) is 20.5 Å². The third-order valence-electron chi connectivity index (χ3n) is 9.91. The van der Waals surface area contributed by atoms with E-state index in [0.29, 0.717) is 11.4 Å². The molecule has 0 heterocycles. The Hall–Kier alpha value is -4.37. The molecule has 0 amide bonds. The molecule has 0 aromatic heterocycles. The predicted octanol–water partition coefficient (Wildman–Crippen LogP) is 14.5. The van der Waals surface area contributed by atoms with E-state index in [1.54, 1.807) is 48.5 Å². The molecule has 55 heavy (non-hydrogen) atoms. The molecule has 0 aliphatic carbocycles. The summed E-state index contributed by atoms with van der Waals surface area (Å²) in [5.41, 5.74) is 5.12. The van der Waals surface area contributed by atoms with Gasteiger partial charge in [-0.3, -0.25) is 0 Å². The number of benzene rings is 4. The number of rotatable bonds is 26. The average Bonchev–Trinajstić information content (AvgIpc) is 3.22. The Morgan fingerprint density at radius 3 is 0.909 bits per heavy atom. The van der Waals surface area contributed by atoms with Crippen LogP contribution in [0.5, 0.6) is 0 Å². The molecule has 0 saturated heterocycles. The van der Waals surface area contributed by atoms with Crippen LogP contribution in [0.25, 0.3) is 0 Å². The number of hydrogen-bond acceptors (Lipinski definition) is 8. The second-order valence-electron chi connectivity index (χ2n) is 14.4. The predicted molar refractivity (Wildman–Crippen MR) is 231 cm³/mol. The highest BCUT2D eigenvalue weighted by Gasteiger charge is 2.17. The van der Waals surface area contributed by atoms with E-state index in [-0.39, 0.29) is 9.79 Å². The number of azo groups is 2. The summed E-state index contributed by atoms with van der Waals surface area (Å²) in [6.07, 6.45) is 17.3. The highest BCUT2D eigenvalue weighted by molar-refractivity contribution is 7.91. The van der Waals surface area contributed by atoms with Crippen molar-refractivity contribution >= 4 is 44.0 Å². The number of nitrogens with zero attached hydrogens (tertiary/aromatic N) is 6. The smallest absolute Gasteiger partial charge is 0.206 e. The lowest BCUT2D eigenvalue weighted by molar-refractivity contribution is 0.596. The standard InChI is InChI=1S/C46H64N6O2S/c1-5-9-13-17-37-52(38-18-14-10-6-2)44-29-21-40(22-30-44)48-50-42-25-33-46(34-26-42)55(53,54)45-31-23-41(24-32-45)49-47-39-19-27-43(28-20-39)51(35-15-11-7-3)36-16-12-8-4/h19-34H,5-18,35-38H2,1-4H3. The summed E-state index contributed by atoms with van der Waals surface area (Å²) in [6.45, 7) is 13.2. The van der Waals surface area contributed by atoms with Gasteiger partial charge in [0.1, 0.15) is 0 Å². The zero-order valence-corrected chi connectivity index (χ0v) is 34.7. The number of hydrogen-bond donors (Lipinski definition) is 0. The minimum atomic E-state index is -3.72. The first-order chi connectivity index (χ1) is 26.9. The fourth-order valence-corrected chi connectivity index (χ4v) is 7.78. The van der Waals surface area contributed by atoms with Gasteiger partial charge in [-0.15, -0.1) is 0 Å². The van der Waals surface area contributed by atoms with E-state index in [4.69, 9.17) is 0 Å². The molecule has 0 aliphatic rings. The molecule has 296 valence electrons. The molecule has 0 radical (unpaired) electrons. The molecule has 0 unspecified atom stereocenters. The Labute approximate surface area is 332 Å². The van der Waals surface area contributed by atoms with Crippen molar-refractivity contribution in [3.05, 3.63) is 97.1 Å². The Morgan fingerprint density at radius 2 is 0.618 bits per heavy atom. The SMILES string of the molecule is CCCCCCN(CCCCCC)c1ccc(N=Nc2ccc(S(=O)(=O)c3ccc(N=Nc4ccc(N(CCCCC)CCCCC)cc4)cc3)cc2)cc1. The molecule has 0 fully saturated rings. The topological polar surface area (TPSA) is 90.1 Å². The minimum absolute atomic E-state index is 0.196. The summed E-state index contributed by atoms with van der Waals surface area (Å²) in [7, 11) is -3.72. The second kappa shape index (κ2) is 24.2. The molecule has 4 rings (SSSR count). The Kier molecular flexibility index (Phi) is 19.1. The van der Waals surface area contributed by atoms with Gasteiger partial charge in [-0.1, -0.05) is 91.9 Å². The van der Waals surface area contributed by atoms with Crippen LogP contribution in [0.4, 0.5) is 34.1 Å². The largest absolute Gasteiger partial charge is 0.372 e. The van der Waals surface area contributed by atoms with Gasteiger partial charge >= 0.3 is 0 Å². The Balaban J connectivity index is 1.34. The molecule has 9 heteroatoms. The van der Waals surface area contributed by atoms with Gasteiger partial charge in [0.2, 0.25) is 9.84 Å². The van der Waals surface area contributed by atoms with Crippen molar-refractivity contribution in [2.45, 2.75) is 127 Å². The zero-order chi connectivity index (χ0) is 39.1. The summed E-state index contributed by atoms with van der Waals surface area (Å²) in [5, 5.41) is 17.6. The summed E-state index contributed by atoms with van der Waals surface area (Å²) < 4.78 is 26.9. The molecule has 4 aromatic rings. The summed E-state index contributed by atoms with van der Waals surface area (Å²) in [4.78, 5) is 5.37. The quantitative estimate of drug-likeness (QED) is 0.0470. The Morgan fingerprint density at radius 1 is 0.364 bits per heavy atom. The molecule has 0 bridgehead atoms. The molecule has 0 N–H and O–H groups in total.